The molecule has 0 aliphatic carbocycles. The van der Waals surface area contributed by atoms with Gasteiger partial charge in [-0.3, -0.25) is 0 Å². The maximum absolute atomic E-state index is 5.72. The summed E-state index contributed by atoms with van der Waals surface area (Å²) in [5.41, 5.74) is 0.286. The molecule has 1 spiro atoms. The summed E-state index contributed by atoms with van der Waals surface area (Å²) < 4.78 is 5.72. The zero-order valence-corrected chi connectivity index (χ0v) is 6.76. The molecule has 0 aromatic carbocycles. The van der Waals surface area contributed by atoms with Crippen molar-refractivity contribution < 1.29 is 4.74 Å². The lowest BCUT2D eigenvalue weighted by Gasteiger charge is -2.45. The number of ether oxygens (including phenoxy) is 1. The molecule has 2 heteroatoms. The van der Waals surface area contributed by atoms with E-state index in [2.05, 4.69) is 18.9 Å². The Bertz CT molecular complexity index is 135. The predicted octanol–water partition coefficient (Wildman–Crippen LogP) is 0.727. The van der Waals surface area contributed by atoms with E-state index in [4.69, 9.17) is 4.74 Å². The van der Waals surface area contributed by atoms with Gasteiger partial charge in [0, 0.05) is 13.1 Å². The minimum atomic E-state index is 0.286. The third-order valence-electron chi connectivity index (χ3n) is 2.51. The minimum absolute atomic E-state index is 0.286. The molecule has 0 unspecified atom stereocenters. The van der Waals surface area contributed by atoms with Crippen molar-refractivity contribution in [3.63, 3.8) is 0 Å². The van der Waals surface area contributed by atoms with Crippen LogP contribution in [0.25, 0.3) is 0 Å². The van der Waals surface area contributed by atoms with Gasteiger partial charge in [-0.1, -0.05) is 6.92 Å². The van der Waals surface area contributed by atoms with Crippen LogP contribution in [0.4, 0.5) is 0 Å². The molecule has 0 aromatic heterocycles. The van der Waals surface area contributed by atoms with Gasteiger partial charge in [0.1, 0.15) is 0 Å². The van der Waals surface area contributed by atoms with E-state index >= 15 is 0 Å². The molecule has 0 radical (unpaired) electrons. The van der Waals surface area contributed by atoms with Crippen molar-refractivity contribution in [2.45, 2.75) is 18.9 Å². The van der Waals surface area contributed by atoms with Gasteiger partial charge >= 0.3 is 0 Å². The third-order valence-corrected chi connectivity index (χ3v) is 2.51. The average molecular weight is 141 g/mol. The largest absolute Gasteiger partial charge is 0.372 e. The fourth-order valence-electron chi connectivity index (χ4n) is 2.23. The summed E-state index contributed by atoms with van der Waals surface area (Å²) in [4.78, 5) is 2.32. The van der Waals surface area contributed by atoms with Crippen molar-refractivity contribution in [1.29, 1.82) is 0 Å². The van der Waals surface area contributed by atoms with Gasteiger partial charge in [-0.25, -0.2) is 0 Å². The van der Waals surface area contributed by atoms with E-state index in [0.717, 1.165) is 25.6 Å². The van der Waals surface area contributed by atoms with Crippen molar-refractivity contribution >= 4 is 0 Å². The van der Waals surface area contributed by atoms with E-state index in [1.807, 2.05) is 0 Å². The Morgan fingerprint density at radius 3 is 2.60 bits per heavy atom. The van der Waals surface area contributed by atoms with E-state index in [9.17, 15) is 0 Å². The first kappa shape index (κ1) is 6.62. The maximum Gasteiger partial charge on any atom is 0.0938 e. The Kier molecular flexibility index (Phi) is 1.29. The number of rotatable bonds is 0. The highest BCUT2D eigenvalue weighted by Crippen LogP contribution is 2.36. The van der Waals surface area contributed by atoms with Crippen LogP contribution in [-0.2, 0) is 4.74 Å². The SMILES string of the molecule is C[C@@H]1COC2(C1)CN(C)C2. The fraction of sp³-hybridized carbons (Fsp3) is 1.00. The molecule has 2 aliphatic rings. The normalized spacial score (nSPS) is 38.4. The Morgan fingerprint density at radius 1 is 1.50 bits per heavy atom. The van der Waals surface area contributed by atoms with Crippen LogP contribution in [0.3, 0.4) is 0 Å². The molecule has 0 bridgehead atoms. The van der Waals surface area contributed by atoms with E-state index in [0.29, 0.717) is 0 Å². The lowest BCUT2D eigenvalue weighted by molar-refractivity contribution is -0.100. The first-order chi connectivity index (χ1) is 4.70. The Balaban J connectivity index is 1.95. The fourth-order valence-corrected chi connectivity index (χ4v) is 2.23. The zero-order chi connectivity index (χ0) is 7.19. The van der Waals surface area contributed by atoms with Gasteiger partial charge in [0.15, 0.2) is 0 Å². The Morgan fingerprint density at radius 2 is 2.20 bits per heavy atom. The quantitative estimate of drug-likeness (QED) is 0.493. The molecular weight excluding hydrogens is 126 g/mol. The third kappa shape index (κ3) is 0.867. The van der Waals surface area contributed by atoms with Crippen LogP contribution in [0.15, 0.2) is 0 Å². The monoisotopic (exact) mass is 141 g/mol. The summed E-state index contributed by atoms with van der Waals surface area (Å²) >= 11 is 0. The predicted molar refractivity (Wildman–Crippen MR) is 40.0 cm³/mol. The maximum atomic E-state index is 5.72. The van der Waals surface area contributed by atoms with E-state index in [1.54, 1.807) is 0 Å². The Hall–Kier alpha value is -0.0800. The molecule has 2 heterocycles. The Labute approximate surface area is 62.2 Å². The van der Waals surface area contributed by atoms with E-state index in [1.165, 1.54) is 6.42 Å². The van der Waals surface area contributed by atoms with Gasteiger partial charge in [-0.15, -0.1) is 0 Å². The van der Waals surface area contributed by atoms with Crippen LogP contribution in [0.1, 0.15) is 13.3 Å². The van der Waals surface area contributed by atoms with Crippen LogP contribution in [0.2, 0.25) is 0 Å². The lowest BCUT2D eigenvalue weighted by atomic mass is 9.88. The standard InChI is InChI=1S/C8H15NO/c1-7-3-8(10-4-7)5-9(2)6-8/h7H,3-6H2,1-2H3/t7-/m0/s1. The molecule has 2 fully saturated rings. The molecule has 0 amide bonds. The summed E-state index contributed by atoms with van der Waals surface area (Å²) in [6, 6.07) is 0. The minimum Gasteiger partial charge on any atom is -0.372 e. The van der Waals surface area contributed by atoms with Gasteiger partial charge in [0.25, 0.3) is 0 Å². The molecule has 0 aromatic rings. The van der Waals surface area contributed by atoms with Gasteiger partial charge in [-0.05, 0) is 19.4 Å². The van der Waals surface area contributed by atoms with Crippen molar-refractivity contribution in [2.75, 3.05) is 26.7 Å². The zero-order valence-electron chi connectivity index (χ0n) is 6.76. The second-order valence-corrected chi connectivity index (χ2v) is 3.98. The second-order valence-electron chi connectivity index (χ2n) is 3.98. The highest BCUT2D eigenvalue weighted by Gasteiger charge is 2.46. The first-order valence-corrected chi connectivity index (χ1v) is 4.03. The molecular formula is C8H15NO. The summed E-state index contributed by atoms with van der Waals surface area (Å²) in [5, 5.41) is 0. The molecule has 2 saturated heterocycles. The smallest absolute Gasteiger partial charge is 0.0938 e. The van der Waals surface area contributed by atoms with Crippen LogP contribution in [0, 0.1) is 5.92 Å². The molecule has 58 valence electrons. The average Bonchev–Trinajstić information content (AvgIpc) is 2.10. The number of hydrogen-bond donors (Lipinski definition) is 0. The highest BCUT2D eigenvalue weighted by molar-refractivity contribution is 4.99. The van der Waals surface area contributed by atoms with E-state index < -0.39 is 0 Å². The molecule has 10 heavy (non-hydrogen) atoms. The highest BCUT2D eigenvalue weighted by atomic mass is 16.5. The number of likely N-dealkylation sites (tertiary alicyclic amines) is 1. The molecule has 2 rings (SSSR count). The molecule has 2 aliphatic heterocycles. The van der Waals surface area contributed by atoms with Crippen molar-refractivity contribution in [1.82, 2.24) is 4.90 Å². The summed E-state index contributed by atoms with van der Waals surface area (Å²) in [5.74, 6) is 0.786. The van der Waals surface area contributed by atoms with Gasteiger partial charge in [-0.2, -0.15) is 0 Å². The summed E-state index contributed by atoms with van der Waals surface area (Å²) in [6.45, 7) is 5.55. The van der Waals surface area contributed by atoms with Crippen LogP contribution >= 0.6 is 0 Å². The van der Waals surface area contributed by atoms with Crippen LogP contribution in [0.5, 0.6) is 0 Å². The van der Waals surface area contributed by atoms with Crippen molar-refractivity contribution in [3.05, 3.63) is 0 Å². The van der Waals surface area contributed by atoms with Crippen molar-refractivity contribution in [3.8, 4) is 0 Å². The van der Waals surface area contributed by atoms with Crippen molar-refractivity contribution in [2.24, 2.45) is 5.92 Å². The van der Waals surface area contributed by atoms with E-state index in [-0.39, 0.29) is 5.60 Å². The summed E-state index contributed by atoms with van der Waals surface area (Å²) in [6.07, 6.45) is 1.28. The van der Waals surface area contributed by atoms with Gasteiger partial charge in [0.05, 0.1) is 12.2 Å². The lowest BCUT2D eigenvalue weighted by Crippen LogP contribution is -2.59. The number of hydrogen-bond acceptors (Lipinski definition) is 2. The van der Waals surface area contributed by atoms with Gasteiger partial charge in [0.2, 0.25) is 0 Å². The number of likely N-dealkylation sites (N-methyl/N-ethyl adjacent to an activating group) is 1. The van der Waals surface area contributed by atoms with Crippen LogP contribution < -0.4 is 0 Å². The molecule has 0 saturated carbocycles. The molecule has 2 nitrogen and oxygen atoms in total. The molecule has 1 atom stereocenters. The number of nitrogens with zero attached hydrogens (tertiary/aromatic N) is 1. The second kappa shape index (κ2) is 1.95. The first-order valence-electron chi connectivity index (χ1n) is 4.03. The van der Waals surface area contributed by atoms with Gasteiger partial charge < -0.3 is 9.64 Å². The molecule has 0 N–H and O–H groups in total. The summed E-state index contributed by atoms with van der Waals surface area (Å²) in [7, 11) is 2.15. The van der Waals surface area contributed by atoms with Crippen LogP contribution in [-0.4, -0.2) is 37.2 Å². The topological polar surface area (TPSA) is 12.5 Å².